The average Bonchev–Trinajstić information content (AvgIpc) is 2.59. The van der Waals surface area contributed by atoms with Crippen LogP contribution in [0.1, 0.15) is 33.0 Å². The van der Waals surface area contributed by atoms with Crippen LogP contribution in [0, 0.1) is 0 Å². The van der Waals surface area contributed by atoms with Gasteiger partial charge in [-0.3, -0.25) is 4.79 Å². The first-order valence-electron chi connectivity index (χ1n) is 7.24. The fourth-order valence-electron chi connectivity index (χ4n) is 2.68. The third kappa shape index (κ3) is 3.47. The van der Waals surface area contributed by atoms with Gasteiger partial charge in [-0.25, -0.2) is 0 Å². The zero-order valence-corrected chi connectivity index (χ0v) is 13.8. The Kier molecular flexibility index (Phi) is 4.80. The van der Waals surface area contributed by atoms with E-state index in [0.29, 0.717) is 15.6 Å². The highest BCUT2D eigenvalue weighted by atomic mass is 35.5. The Hall–Kier alpha value is -2.09. The van der Waals surface area contributed by atoms with E-state index in [2.05, 4.69) is 0 Å². The molecule has 0 N–H and O–H groups in total. The second kappa shape index (κ2) is 6.99. The minimum atomic E-state index is -0.0123. The zero-order chi connectivity index (χ0) is 16.2. The van der Waals surface area contributed by atoms with Crippen molar-refractivity contribution in [3.63, 3.8) is 0 Å². The lowest BCUT2D eigenvalue weighted by molar-refractivity contribution is 0.112. The molecule has 23 heavy (non-hydrogen) atoms. The first kappa shape index (κ1) is 15.8. The normalized spacial score (nSPS) is 11.9. The maximum absolute atomic E-state index is 10.9. The van der Waals surface area contributed by atoms with Crippen LogP contribution in [0.3, 0.4) is 0 Å². The van der Waals surface area contributed by atoms with Crippen molar-refractivity contribution in [1.82, 2.24) is 0 Å². The number of carbonyl (C=O) groups excluding carboxylic acids is 1. The molecule has 0 aromatic heterocycles. The average molecular weight is 341 g/mol. The van der Waals surface area contributed by atoms with Crippen molar-refractivity contribution >= 4 is 29.5 Å². The van der Waals surface area contributed by atoms with E-state index in [1.165, 1.54) is 0 Å². The van der Waals surface area contributed by atoms with Crippen molar-refractivity contribution in [1.29, 1.82) is 0 Å². The van der Waals surface area contributed by atoms with Gasteiger partial charge in [0.15, 0.2) is 0 Å². The topological polar surface area (TPSA) is 17.1 Å². The van der Waals surface area contributed by atoms with Gasteiger partial charge in [-0.1, -0.05) is 77.8 Å². The Morgan fingerprint density at radius 2 is 1.30 bits per heavy atom. The molecule has 3 heteroatoms. The lowest BCUT2D eigenvalue weighted by Crippen LogP contribution is -2.04. The molecule has 0 heterocycles. The monoisotopic (exact) mass is 340 g/mol. The van der Waals surface area contributed by atoms with Crippen molar-refractivity contribution in [3.8, 4) is 0 Å². The quantitative estimate of drug-likeness (QED) is 0.421. The Bertz CT molecular complexity index is 808. The van der Waals surface area contributed by atoms with Gasteiger partial charge in [-0.15, -0.1) is 0 Å². The van der Waals surface area contributed by atoms with Crippen molar-refractivity contribution in [3.05, 3.63) is 105 Å². The number of halogens is 2. The summed E-state index contributed by atoms with van der Waals surface area (Å²) in [6, 6.07) is 23.1. The van der Waals surface area contributed by atoms with Gasteiger partial charge in [0.1, 0.15) is 6.29 Å². The number of aldehydes is 1. The van der Waals surface area contributed by atoms with Crippen molar-refractivity contribution in [2.24, 2.45) is 0 Å². The number of rotatable bonds is 4. The predicted octanol–water partition coefficient (Wildman–Crippen LogP) is 5.99. The van der Waals surface area contributed by atoms with E-state index < -0.39 is 0 Å². The molecule has 0 saturated carbocycles. The molecular weight excluding hydrogens is 327 g/mol. The molecule has 0 radical (unpaired) electrons. The Morgan fingerprint density at radius 1 is 0.739 bits per heavy atom. The van der Waals surface area contributed by atoms with Crippen LogP contribution in [0.5, 0.6) is 0 Å². The highest BCUT2D eigenvalue weighted by Gasteiger charge is 2.19. The summed E-state index contributed by atoms with van der Waals surface area (Å²) in [4.78, 5) is 10.9. The summed E-state index contributed by atoms with van der Waals surface area (Å²) >= 11 is 12.4. The third-order valence-electron chi connectivity index (χ3n) is 3.83. The van der Waals surface area contributed by atoms with E-state index in [-0.39, 0.29) is 5.92 Å². The molecule has 0 saturated heterocycles. The van der Waals surface area contributed by atoms with Crippen LogP contribution in [-0.4, -0.2) is 6.29 Å². The van der Waals surface area contributed by atoms with E-state index in [9.17, 15) is 4.79 Å². The standard InChI is InChI=1S/C20H14Cl2O/c21-17-11-9-16(10-12-17)20(18-3-1-2-4-19(18)22)15-7-5-14(13-23)6-8-15/h1-13,20H. The van der Waals surface area contributed by atoms with Gasteiger partial charge < -0.3 is 0 Å². The van der Waals surface area contributed by atoms with Gasteiger partial charge >= 0.3 is 0 Å². The molecule has 0 fully saturated rings. The maximum atomic E-state index is 10.9. The van der Waals surface area contributed by atoms with Crippen LogP contribution in [-0.2, 0) is 0 Å². The predicted molar refractivity (Wildman–Crippen MR) is 95.7 cm³/mol. The molecule has 3 rings (SSSR count). The minimum absolute atomic E-state index is 0.0123. The lowest BCUT2D eigenvalue weighted by Gasteiger charge is -2.20. The molecular formula is C20H14Cl2O. The van der Waals surface area contributed by atoms with Crippen LogP contribution >= 0.6 is 23.2 Å². The highest BCUT2D eigenvalue weighted by Crippen LogP contribution is 2.36. The fraction of sp³-hybridized carbons (Fsp3) is 0.0500. The first-order valence-corrected chi connectivity index (χ1v) is 7.99. The molecule has 0 aliphatic heterocycles. The van der Waals surface area contributed by atoms with Gasteiger partial charge in [0.25, 0.3) is 0 Å². The van der Waals surface area contributed by atoms with Crippen LogP contribution < -0.4 is 0 Å². The summed E-state index contributed by atoms with van der Waals surface area (Å²) in [6.07, 6.45) is 0.844. The smallest absolute Gasteiger partial charge is 0.150 e. The molecule has 0 bridgehead atoms. The minimum Gasteiger partial charge on any atom is -0.298 e. The summed E-state index contributed by atoms with van der Waals surface area (Å²) < 4.78 is 0. The second-order valence-corrected chi connectivity index (χ2v) is 6.13. The number of benzene rings is 3. The van der Waals surface area contributed by atoms with Gasteiger partial charge in [0, 0.05) is 21.5 Å². The van der Waals surface area contributed by atoms with Gasteiger partial charge in [0.05, 0.1) is 0 Å². The lowest BCUT2D eigenvalue weighted by atomic mass is 9.85. The summed E-state index contributed by atoms with van der Waals surface area (Å²) in [6.45, 7) is 0. The summed E-state index contributed by atoms with van der Waals surface area (Å²) in [5.41, 5.74) is 3.85. The van der Waals surface area contributed by atoms with E-state index in [1.807, 2.05) is 72.8 Å². The number of hydrogen-bond donors (Lipinski definition) is 0. The van der Waals surface area contributed by atoms with Crippen molar-refractivity contribution in [2.45, 2.75) is 5.92 Å². The first-order chi connectivity index (χ1) is 11.2. The SMILES string of the molecule is O=Cc1ccc(C(c2ccc(Cl)cc2)c2ccccc2Cl)cc1. The molecule has 114 valence electrons. The van der Waals surface area contributed by atoms with Crippen LogP contribution in [0.4, 0.5) is 0 Å². The summed E-state index contributed by atoms with van der Waals surface area (Å²) in [5, 5.41) is 1.41. The molecule has 0 amide bonds. The van der Waals surface area contributed by atoms with E-state index in [0.717, 1.165) is 23.0 Å². The molecule has 0 aliphatic rings. The molecule has 3 aromatic rings. The third-order valence-corrected chi connectivity index (χ3v) is 4.42. The Balaban J connectivity index is 2.14. The maximum Gasteiger partial charge on any atom is 0.150 e. The Labute approximate surface area is 145 Å². The molecule has 1 unspecified atom stereocenters. The van der Waals surface area contributed by atoms with E-state index >= 15 is 0 Å². The summed E-state index contributed by atoms with van der Waals surface area (Å²) in [5.74, 6) is -0.0123. The largest absolute Gasteiger partial charge is 0.298 e. The van der Waals surface area contributed by atoms with Crippen LogP contribution in [0.25, 0.3) is 0 Å². The molecule has 0 spiro atoms. The second-order valence-electron chi connectivity index (χ2n) is 5.29. The highest BCUT2D eigenvalue weighted by molar-refractivity contribution is 6.31. The van der Waals surface area contributed by atoms with E-state index in [4.69, 9.17) is 23.2 Å². The van der Waals surface area contributed by atoms with Gasteiger partial charge in [-0.2, -0.15) is 0 Å². The van der Waals surface area contributed by atoms with Crippen LogP contribution in [0.2, 0.25) is 10.0 Å². The molecule has 1 atom stereocenters. The molecule has 0 aliphatic carbocycles. The van der Waals surface area contributed by atoms with Crippen LogP contribution in [0.15, 0.2) is 72.8 Å². The van der Waals surface area contributed by atoms with Gasteiger partial charge in [0.2, 0.25) is 0 Å². The van der Waals surface area contributed by atoms with Gasteiger partial charge in [-0.05, 0) is 34.9 Å². The zero-order valence-electron chi connectivity index (χ0n) is 12.2. The van der Waals surface area contributed by atoms with Crippen molar-refractivity contribution in [2.75, 3.05) is 0 Å². The molecule has 1 nitrogen and oxygen atoms in total. The number of carbonyl (C=O) groups is 1. The number of hydrogen-bond acceptors (Lipinski definition) is 1. The molecule has 3 aromatic carbocycles. The summed E-state index contributed by atoms with van der Waals surface area (Å²) in [7, 11) is 0. The Morgan fingerprint density at radius 3 is 1.87 bits per heavy atom. The van der Waals surface area contributed by atoms with Crippen molar-refractivity contribution < 1.29 is 4.79 Å². The van der Waals surface area contributed by atoms with E-state index in [1.54, 1.807) is 0 Å². The fourth-order valence-corrected chi connectivity index (χ4v) is 3.05.